The van der Waals surface area contributed by atoms with Crippen LogP contribution in [0.15, 0.2) is 35.6 Å². The number of nitrogens with two attached hydrogens (primary N) is 1. The lowest BCUT2D eigenvalue weighted by Crippen LogP contribution is -2.49. The van der Waals surface area contributed by atoms with Gasteiger partial charge in [-0.15, -0.1) is 0 Å². The van der Waals surface area contributed by atoms with E-state index in [9.17, 15) is 0 Å². The third-order valence-electron chi connectivity index (χ3n) is 7.98. The highest BCUT2D eigenvalue weighted by Crippen LogP contribution is 2.57. The number of hydrogen-bond donors (Lipinski definition) is 2. The first-order chi connectivity index (χ1) is 12.5. The van der Waals surface area contributed by atoms with E-state index in [2.05, 4.69) is 57.3 Å². The summed E-state index contributed by atoms with van der Waals surface area (Å²) in [6.07, 6.45) is 14.3. The first-order valence-corrected chi connectivity index (χ1v) is 10.7. The lowest BCUT2D eigenvalue weighted by molar-refractivity contribution is 0.0478. The monoisotopic (exact) mass is 356 g/mol. The lowest BCUT2D eigenvalue weighted by Gasteiger charge is -2.46. The van der Waals surface area contributed by atoms with Gasteiger partial charge in [0.15, 0.2) is 0 Å². The van der Waals surface area contributed by atoms with Crippen molar-refractivity contribution in [2.45, 2.75) is 65.5 Å². The number of rotatable bonds is 3. The number of allylic oxidation sites excluding steroid dienone is 2. The molecule has 7 unspecified atom stereocenters. The molecule has 0 bridgehead atoms. The van der Waals surface area contributed by atoms with E-state index in [-0.39, 0.29) is 11.5 Å². The molecule has 4 aliphatic rings. The topological polar surface area (TPSA) is 47.3 Å². The normalized spacial score (nSPS) is 47.5. The molecule has 1 saturated carbocycles. The van der Waals surface area contributed by atoms with Gasteiger partial charge in [0.1, 0.15) is 11.9 Å². The van der Waals surface area contributed by atoms with E-state index in [4.69, 9.17) is 10.5 Å². The van der Waals surface area contributed by atoms with Crippen molar-refractivity contribution in [2.24, 2.45) is 40.7 Å². The van der Waals surface area contributed by atoms with Gasteiger partial charge in [-0.25, -0.2) is 0 Å². The van der Waals surface area contributed by atoms with Crippen LogP contribution in [0.4, 0.5) is 0 Å². The van der Waals surface area contributed by atoms with Gasteiger partial charge in [0.25, 0.3) is 0 Å². The van der Waals surface area contributed by atoms with Crippen molar-refractivity contribution in [1.29, 1.82) is 0 Å². The van der Waals surface area contributed by atoms with Crippen LogP contribution in [0, 0.1) is 35.0 Å². The summed E-state index contributed by atoms with van der Waals surface area (Å²) >= 11 is 0. The summed E-state index contributed by atoms with van der Waals surface area (Å²) in [5.74, 6) is 4.54. The van der Waals surface area contributed by atoms with Gasteiger partial charge >= 0.3 is 0 Å². The fourth-order valence-electron chi connectivity index (χ4n) is 6.43. The molecule has 1 aliphatic heterocycles. The van der Waals surface area contributed by atoms with Gasteiger partial charge in [0, 0.05) is 18.6 Å². The fraction of sp³-hybridized carbons (Fsp3) is 0.739. The average Bonchev–Trinajstić information content (AvgIpc) is 2.92. The Kier molecular flexibility index (Phi) is 4.81. The summed E-state index contributed by atoms with van der Waals surface area (Å²) in [6, 6.07) is 0.434. The minimum atomic E-state index is 0.0267. The second kappa shape index (κ2) is 6.83. The van der Waals surface area contributed by atoms with Crippen LogP contribution in [0.5, 0.6) is 0 Å². The molecule has 26 heavy (non-hydrogen) atoms. The van der Waals surface area contributed by atoms with E-state index in [1.54, 1.807) is 5.57 Å². The SMILES string of the molecule is CC1CC(NCN)C(C2CCC[C@H](C)C2C)C2=C1C1(C)C=CC=CC1O2. The van der Waals surface area contributed by atoms with E-state index in [1.807, 2.05) is 0 Å². The fourth-order valence-corrected chi connectivity index (χ4v) is 6.43. The summed E-state index contributed by atoms with van der Waals surface area (Å²) in [7, 11) is 0. The Balaban J connectivity index is 1.77. The molecular weight excluding hydrogens is 320 g/mol. The summed E-state index contributed by atoms with van der Waals surface area (Å²) in [5, 5.41) is 3.63. The van der Waals surface area contributed by atoms with Gasteiger partial charge in [-0.3, -0.25) is 0 Å². The maximum atomic E-state index is 6.73. The van der Waals surface area contributed by atoms with Crippen molar-refractivity contribution in [3.8, 4) is 0 Å². The molecule has 0 aromatic carbocycles. The van der Waals surface area contributed by atoms with Gasteiger partial charge in [0.05, 0.1) is 5.41 Å². The molecule has 1 heterocycles. The van der Waals surface area contributed by atoms with E-state index < -0.39 is 0 Å². The molecule has 0 aromatic heterocycles. The number of hydrogen-bond acceptors (Lipinski definition) is 3. The zero-order chi connectivity index (χ0) is 18.5. The van der Waals surface area contributed by atoms with Crippen molar-refractivity contribution < 1.29 is 4.74 Å². The number of ether oxygens (including phenoxy) is 1. The molecule has 3 nitrogen and oxygen atoms in total. The summed E-state index contributed by atoms with van der Waals surface area (Å²) in [5.41, 5.74) is 7.54. The van der Waals surface area contributed by atoms with E-state index in [0.29, 0.717) is 30.5 Å². The zero-order valence-electron chi connectivity index (χ0n) is 16.9. The molecule has 8 atom stereocenters. The van der Waals surface area contributed by atoms with Gasteiger partial charge in [-0.05, 0) is 55.1 Å². The van der Waals surface area contributed by atoms with Gasteiger partial charge in [-0.1, -0.05) is 51.8 Å². The van der Waals surface area contributed by atoms with E-state index >= 15 is 0 Å². The Hall–Kier alpha value is -1.06. The first kappa shape index (κ1) is 18.3. The van der Waals surface area contributed by atoms with Crippen LogP contribution in [0.3, 0.4) is 0 Å². The molecule has 0 aromatic rings. The van der Waals surface area contributed by atoms with Crippen LogP contribution in [0.2, 0.25) is 0 Å². The minimum absolute atomic E-state index is 0.0267. The first-order valence-electron chi connectivity index (χ1n) is 10.7. The Morgan fingerprint density at radius 2 is 2.04 bits per heavy atom. The second-order valence-corrected chi connectivity index (χ2v) is 9.45. The molecule has 144 valence electrons. The van der Waals surface area contributed by atoms with Crippen molar-refractivity contribution >= 4 is 0 Å². The summed E-state index contributed by atoms with van der Waals surface area (Å²) < 4.78 is 6.73. The second-order valence-electron chi connectivity index (χ2n) is 9.45. The predicted octanol–water partition coefficient (Wildman–Crippen LogP) is 4.37. The maximum absolute atomic E-state index is 6.73. The van der Waals surface area contributed by atoms with Crippen molar-refractivity contribution in [2.75, 3.05) is 6.67 Å². The van der Waals surface area contributed by atoms with Crippen LogP contribution in [0.1, 0.15) is 53.4 Å². The van der Waals surface area contributed by atoms with Gasteiger partial charge < -0.3 is 15.8 Å². The molecular formula is C23H36N2O. The van der Waals surface area contributed by atoms with Crippen LogP contribution in [-0.4, -0.2) is 18.8 Å². The third-order valence-corrected chi connectivity index (χ3v) is 7.98. The molecule has 4 rings (SSSR count). The van der Waals surface area contributed by atoms with E-state index in [0.717, 1.165) is 11.8 Å². The van der Waals surface area contributed by atoms with Crippen LogP contribution < -0.4 is 11.1 Å². The average molecular weight is 357 g/mol. The van der Waals surface area contributed by atoms with Crippen molar-refractivity contribution in [1.82, 2.24) is 5.32 Å². The molecule has 3 N–H and O–H groups in total. The maximum Gasteiger partial charge on any atom is 0.129 e. The predicted molar refractivity (Wildman–Crippen MR) is 107 cm³/mol. The zero-order valence-corrected chi connectivity index (χ0v) is 16.9. The summed E-state index contributed by atoms with van der Waals surface area (Å²) in [4.78, 5) is 0. The highest BCUT2D eigenvalue weighted by molar-refractivity contribution is 5.41. The smallest absolute Gasteiger partial charge is 0.129 e. The van der Waals surface area contributed by atoms with Gasteiger partial charge in [0.2, 0.25) is 0 Å². The highest BCUT2D eigenvalue weighted by atomic mass is 16.5. The molecule has 3 aliphatic carbocycles. The van der Waals surface area contributed by atoms with Gasteiger partial charge in [-0.2, -0.15) is 0 Å². The molecule has 0 radical (unpaired) electrons. The molecule has 0 spiro atoms. The standard InChI is InChI=1S/C23H36N2O/c1-14-8-7-9-17(16(14)3)20-18(25-13-24)12-15(2)21-22(20)26-19-10-5-6-11-23(19,21)4/h5-6,10-11,14-20,25H,7-9,12-13,24H2,1-4H3/t14-,15?,16?,17?,18?,19?,20?,23?/m0/s1. The largest absolute Gasteiger partial charge is 0.489 e. The molecule has 1 fully saturated rings. The van der Waals surface area contributed by atoms with Crippen LogP contribution in [-0.2, 0) is 4.74 Å². The van der Waals surface area contributed by atoms with Crippen molar-refractivity contribution in [3.63, 3.8) is 0 Å². The highest BCUT2D eigenvalue weighted by Gasteiger charge is 2.54. The molecule has 3 heteroatoms. The van der Waals surface area contributed by atoms with Crippen molar-refractivity contribution in [3.05, 3.63) is 35.6 Å². The number of fused-ring (bicyclic) bond motifs is 2. The van der Waals surface area contributed by atoms with Crippen LogP contribution >= 0.6 is 0 Å². The van der Waals surface area contributed by atoms with E-state index in [1.165, 1.54) is 31.4 Å². The minimum Gasteiger partial charge on any atom is -0.489 e. The Bertz CT molecular complexity index is 636. The number of nitrogens with one attached hydrogen (secondary N) is 1. The molecule has 0 saturated heterocycles. The van der Waals surface area contributed by atoms with Crippen LogP contribution in [0.25, 0.3) is 0 Å². The Labute approximate surface area is 159 Å². The lowest BCUT2D eigenvalue weighted by atomic mass is 9.60. The summed E-state index contributed by atoms with van der Waals surface area (Å²) in [6.45, 7) is 10.2. The Morgan fingerprint density at radius 1 is 1.23 bits per heavy atom. The molecule has 0 amide bonds. The quantitative estimate of drug-likeness (QED) is 0.738. The Morgan fingerprint density at radius 3 is 2.81 bits per heavy atom. The third kappa shape index (κ3) is 2.70.